The molecule has 0 unspecified atom stereocenters. The summed E-state index contributed by atoms with van der Waals surface area (Å²) in [6.45, 7) is 0.805. The Morgan fingerprint density at radius 3 is 2.43 bits per heavy atom. The van der Waals surface area contributed by atoms with Crippen molar-refractivity contribution in [1.82, 2.24) is 9.21 Å². The van der Waals surface area contributed by atoms with E-state index in [1.807, 2.05) is 0 Å². The summed E-state index contributed by atoms with van der Waals surface area (Å²) in [6.07, 6.45) is 0. The van der Waals surface area contributed by atoms with E-state index in [0.29, 0.717) is 42.7 Å². The number of sulfonamides is 1. The van der Waals surface area contributed by atoms with Gasteiger partial charge in [0.25, 0.3) is 0 Å². The van der Waals surface area contributed by atoms with Gasteiger partial charge in [-0.25, -0.2) is 21.6 Å². The normalized spacial score (nSPS) is 16.0. The van der Waals surface area contributed by atoms with Crippen LogP contribution >= 0.6 is 0 Å². The third kappa shape index (κ3) is 3.65. The Labute approximate surface area is 131 Å². The number of morpholine rings is 1. The first-order valence-corrected chi connectivity index (χ1v) is 8.14. The molecular formula is C13H15F3N2O4S. The zero-order valence-electron chi connectivity index (χ0n) is 12.3. The van der Waals surface area contributed by atoms with E-state index in [4.69, 9.17) is 4.74 Å². The van der Waals surface area contributed by atoms with Gasteiger partial charge in [0.05, 0.1) is 19.8 Å². The predicted molar refractivity (Wildman–Crippen MR) is 73.5 cm³/mol. The molecule has 1 aromatic rings. The van der Waals surface area contributed by atoms with E-state index in [-0.39, 0.29) is 0 Å². The van der Waals surface area contributed by atoms with Crippen LogP contribution in [0.5, 0.6) is 0 Å². The van der Waals surface area contributed by atoms with Gasteiger partial charge < -0.3 is 9.64 Å². The van der Waals surface area contributed by atoms with Crippen LogP contribution in [0.2, 0.25) is 0 Å². The summed E-state index contributed by atoms with van der Waals surface area (Å²) in [6, 6.07) is 1.14. The van der Waals surface area contributed by atoms with Crippen LogP contribution in [0.4, 0.5) is 13.2 Å². The number of benzene rings is 1. The Morgan fingerprint density at radius 2 is 1.83 bits per heavy atom. The van der Waals surface area contributed by atoms with Gasteiger partial charge in [0, 0.05) is 20.1 Å². The molecule has 23 heavy (non-hydrogen) atoms. The van der Waals surface area contributed by atoms with Gasteiger partial charge >= 0.3 is 0 Å². The quantitative estimate of drug-likeness (QED) is 0.744. The van der Waals surface area contributed by atoms with Crippen LogP contribution in [0.25, 0.3) is 0 Å². The van der Waals surface area contributed by atoms with Crippen molar-refractivity contribution >= 4 is 15.9 Å². The van der Waals surface area contributed by atoms with Crippen molar-refractivity contribution in [1.29, 1.82) is 0 Å². The smallest absolute Gasteiger partial charge is 0.246 e. The zero-order chi connectivity index (χ0) is 17.2. The number of amides is 1. The van der Waals surface area contributed by atoms with Crippen LogP contribution in [0, 0.1) is 17.5 Å². The molecule has 0 atom stereocenters. The predicted octanol–water partition coefficient (Wildman–Crippen LogP) is 0.583. The monoisotopic (exact) mass is 352 g/mol. The number of hydrogen-bond acceptors (Lipinski definition) is 4. The fourth-order valence-corrected chi connectivity index (χ4v) is 3.24. The second-order valence-electron chi connectivity index (χ2n) is 4.93. The van der Waals surface area contributed by atoms with E-state index < -0.39 is 44.8 Å². The Morgan fingerprint density at radius 1 is 1.22 bits per heavy atom. The molecule has 1 aliphatic rings. The second kappa shape index (κ2) is 6.85. The molecule has 0 aliphatic carbocycles. The van der Waals surface area contributed by atoms with Crippen molar-refractivity contribution in [2.45, 2.75) is 4.90 Å². The molecule has 1 amide bonds. The van der Waals surface area contributed by atoms with Crippen molar-refractivity contribution in [3.8, 4) is 0 Å². The summed E-state index contributed by atoms with van der Waals surface area (Å²) in [5, 5.41) is 0. The van der Waals surface area contributed by atoms with Crippen molar-refractivity contribution in [2.75, 3.05) is 39.9 Å². The number of nitrogens with zero attached hydrogens (tertiary/aromatic N) is 2. The summed E-state index contributed by atoms with van der Waals surface area (Å²) in [7, 11) is -3.41. The number of hydrogen-bond donors (Lipinski definition) is 0. The van der Waals surface area contributed by atoms with Crippen LogP contribution in [-0.2, 0) is 19.6 Å². The molecule has 0 radical (unpaired) electrons. The molecule has 1 aliphatic heterocycles. The van der Waals surface area contributed by atoms with Crippen LogP contribution in [0.3, 0.4) is 0 Å². The minimum absolute atomic E-state index is 0.326. The third-order valence-corrected chi connectivity index (χ3v) is 5.23. The summed E-state index contributed by atoms with van der Waals surface area (Å²) >= 11 is 0. The van der Waals surface area contributed by atoms with E-state index >= 15 is 0 Å². The standard InChI is InChI=1S/C13H15F3N2O4S/c1-17(8-11(19)18-4-6-22-7-5-18)23(20,21)10-3-2-9(14)12(15)13(10)16/h2-3H,4-8H2,1H3. The topological polar surface area (TPSA) is 66.9 Å². The lowest BCUT2D eigenvalue weighted by molar-refractivity contribution is -0.135. The van der Waals surface area contributed by atoms with E-state index in [0.717, 1.165) is 7.05 Å². The second-order valence-corrected chi connectivity index (χ2v) is 6.94. The third-order valence-electron chi connectivity index (χ3n) is 3.41. The van der Waals surface area contributed by atoms with Crippen molar-refractivity contribution in [3.05, 3.63) is 29.6 Å². The SMILES string of the molecule is CN(CC(=O)N1CCOCC1)S(=O)(=O)c1ccc(F)c(F)c1F. The first-order valence-electron chi connectivity index (χ1n) is 6.70. The first-order chi connectivity index (χ1) is 10.7. The van der Waals surface area contributed by atoms with E-state index in [1.54, 1.807) is 0 Å². The largest absolute Gasteiger partial charge is 0.378 e. The van der Waals surface area contributed by atoms with Gasteiger partial charge in [0.2, 0.25) is 15.9 Å². The Kier molecular flexibility index (Phi) is 5.27. The molecule has 10 heteroatoms. The summed E-state index contributed by atoms with van der Waals surface area (Å²) < 4.78 is 69.9. The van der Waals surface area contributed by atoms with Crippen molar-refractivity contribution < 1.29 is 31.1 Å². The van der Waals surface area contributed by atoms with E-state index in [1.165, 1.54) is 4.90 Å². The Bertz CT molecular complexity index is 705. The molecule has 2 rings (SSSR count). The lowest BCUT2D eigenvalue weighted by Crippen LogP contribution is -2.46. The van der Waals surface area contributed by atoms with Gasteiger partial charge in [0.1, 0.15) is 4.90 Å². The summed E-state index contributed by atoms with van der Waals surface area (Å²) in [5.41, 5.74) is 0. The molecule has 0 aromatic heterocycles. The van der Waals surface area contributed by atoms with Gasteiger partial charge in [-0.15, -0.1) is 0 Å². The number of ether oxygens (including phenoxy) is 1. The van der Waals surface area contributed by atoms with Crippen LogP contribution < -0.4 is 0 Å². The fraction of sp³-hybridized carbons (Fsp3) is 0.462. The highest BCUT2D eigenvalue weighted by Crippen LogP contribution is 2.22. The highest BCUT2D eigenvalue weighted by Gasteiger charge is 2.30. The molecule has 1 saturated heterocycles. The molecular weight excluding hydrogens is 337 g/mol. The van der Waals surface area contributed by atoms with E-state index in [2.05, 4.69) is 0 Å². The maximum Gasteiger partial charge on any atom is 0.246 e. The van der Waals surface area contributed by atoms with Crippen molar-refractivity contribution in [3.63, 3.8) is 0 Å². The van der Waals surface area contributed by atoms with Crippen LogP contribution in [-0.4, -0.2) is 63.4 Å². The minimum Gasteiger partial charge on any atom is -0.378 e. The number of carbonyl (C=O) groups excluding carboxylic acids is 1. The molecule has 0 saturated carbocycles. The fourth-order valence-electron chi connectivity index (χ4n) is 2.06. The highest BCUT2D eigenvalue weighted by atomic mass is 32.2. The number of likely N-dealkylation sites (N-methyl/N-ethyl adjacent to an activating group) is 1. The van der Waals surface area contributed by atoms with Crippen LogP contribution in [0.1, 0.15) is 0 Å². The lowest BCUT2D eigenvalue weighted by Gasteiger charge is -2.28. The first kappa shape index (κ1) is 17.7. The zero-order valence-corrected chi connectivity index (χ0v) is 13.1. The molecule has 1 fully saturated rings. The van der Waals surface area contributed by atoms with Gasteiger partial charge in [-0.05, 0) is 12.1 Å². The molecule has 1 aromatic carbocycles. The maximum atomic E-state index is 13.7. The molecule has 0 N–H and O–H groups in total. The Hall–Kier alpha value is -1.65. The van der Waals surface area contributed by atoms with Gasteiger partial charge in [-0.2, -0.15) is 4.31 Å². The average Bonchev–Trinajstić information content (AvgIpc) is 2.53. The van der Waals surface area contributed by atoms with E-state index in [9.17, 15) is 26.4 Å². The molecule has 6 nitrogen and oxygen atoms in total. The summed E-state index contributed by atoms with van der Waals surface area (Å²) in [4.78, 5) is 12.4. The molecule has 0 bridgehead atoms. The van der Waals surface area contributed by atoms with Crippen molar-refractivity contribution in [2.24, 2.45) is 0 Å². The van der Waals surface area contributed by atoms with Gasteiger partial charge in [-0.3, -0.25) is 4.79 Å². The molecule has 0 spiro atoms. The summed E-state index contributed by atoms with van der Waals surface area (Å²) in [5.74, 6) is -5.66. The minimum atomic E-state index is -4.47. The number of rotatable bonds is 4. The highest BCUT2D eigenvalue weighted by molar-refractivity contribution is 7.89. The number of carbonyl (C=O) groups is 1. The van der Waals surface area contributed by atoms with Gasteiger partial charge in [-0.1, -0.05) is 0 Å². The average molecular weight is 352 g/mol. The lowest BCUT2D eigenvalue weighted by atomic mass is 10.3. The van der Waals surface area contributed by atoms with Gasteiger partial charge in [0.15, 0.2) is 17.5 Å². The number of halogens is 3. The van der Waals surface area contributed by atoms with Crippen LogP contribution in [0.15, 0.2) is 17.0 Å². The maximum absolute atomic E-state index is 13.7. The Balaban J connectivity index is 2.19. The molecule has 128 valence electrons. The molecule has 1 heterocycles.